The van der Waals surface area contributed by atoms with Crippen molar-refractivity contribution in [3.05, 3.63) is 35.9 Å². The number of guanidine groups is 1. The van der Waals surface area contributed by atoms with E-state index in [-0.39, 0.29) is 0 Å². The van der Waals surface area contributed by atoms with Crippen molar-refractivity contribution in [3.63, 3.8) is 0 Å². The van der Waals surface area contributed by atoms with E-state index in [1.807, 2.05) is 7.05 Å². The molecule has 146 valence electrons. The summed E-state index contributed by atoms with van der Waals surface area (Å²) in [6, 6.07) is 11.3. The van der Waals surface area contributed by atoms with E-state index in [0.717, 1.165) is 58.2 Å². The third-order valence-corrected chi connectivity index (χ3v) is 5.24. The first-order valence-electron chi connectivity index (χ1n) is 10.2. The van der Waals surface area contributed by atoms with E-state index in [9.17, 15) is 0 Å². The molecule has 5 nitrogen and oxygen atoms in total. The molecule has 1 aromatic carbocycles. The van der Waals surface area contributed by atoms with E-state index in [4.69, 9.17) is 0 Å². The average molecular weight is 360 g/mol. The van der Waals surface area contributed by atoms with Crippen molar-refractivity contribution in [2.24, 2.45) is 4.99 Å². The van der Waals surface area contributed by atoms with Gasteiger partial charge in [0.15, 0.2) is 5.96 Å². The van der Waals surface area contributed by atoms with Crippen LogP contribution in [0.5, 0.6) is 0 Å². The first-order valence-corrected chi connectivity index (χ1v) is 10.2. The molecule has 0 saturated carbocycles. The summed E-state index contributed by atoms with van der Waals surface area (Å²) in [7, 11) is 1.87. The highest BCUT2D eigenvalue weighted by atomic mass is 15.2. The number of nitrogens with one attached hydrogen (secondary N) is 2. The molecule has 1 heterocycles. The lowest BCUT2D eigenvalue weighted by atomic mass is 10.0. The van der Waals surface area contributed by atoms with E-state index in [1.54, 1.807) is 0 Å². The summed E-state index contributed by atoms with van der Waals surface area (Å²) in [6.07, 6.45) is 3.50. The van der Waals surface area contributed by atoms with Crippen LogP contribution >= 0.6 is 0 Å². The standard InChI is InChI=1S/C21H37N5/c1-4-25(5-2)15-9-14-23-21(22-3)24-20-12-16-26(17-13-20)18-19-10-7-6-8-11-19/h6-8,10-11,20H,4-5,9,12-18H2,1-3H3,(H2,22,23,24). The molecule has 0 amide bonds. The number of nitrogens with zero attached hydrogens (tertiary/aromatic N) is 3. The number of aliphatic imine (C=N–C) groups is 1. The molecule has 0 aromatic heterocycles. The molecule has 0 spiro atoms. The number of likely N-dealkylation sites (tertiary alicyclic amines) is 1. The molecule has 1 fully saturated rings. The van der Waals surface area contributed by atoms with Crippen LogP contribution in [0, 0.1) is 0 Å². The van der Waals surface area contributed by atoms with Crippen molar-refractivity contribution in [1.82, 2.24) is 20.4 Å². The van der Waals surface area contributed by atoms with Crippen LogP contribution in [0.1, 0.15) is 38.7 Å². The van der Waals surface area contributed by atoms with Gasteiger partial charge in [0, 0.05) is 39.3 Å². The molecule has 0 bridgehead atoms. The average Bonchev–Trinajstić information content (AvgIpc) is 2.69. The zero-order chi connectivity index (χ0) is 18.6. The zero-order valence-electron chi connectivity index (χ0n) is 16.9. The van der Waals surface area contributed by atoms with Gasteiger partial charge in [-0.25, -0.2) is 0 Å². The second-order valence-electron chi connectivity index (χ2n) is 7.06. The van der Waals surface area contributed by atoms with Gasteiger partial charge >= 0.3 is 0 Å². The van der Waals surface area contributed by atoms with Crippen molar-refractivity contribution in [3.8, 4) is 0 Å². The Kier molecular flexibility index (Phi) is 9.50. The minimum Gasteiger partial charge on any atom is -0.356 e. The van der Waals surface area contributed by atoms with E-state index < -0.39 is 0 Å². The predicted octanol–water partition coefficient (Wildman–Crippen LogP) is 2.55. The fourth-order valence-electron chi connectivity index (χ4n) is 3.51. The Hall–Kier alpha value is -1.59. The minimum atomic E-state index is 0.524. The van der Waals surface area contributed by atoms with E-state index in [0.29, 0.717) is 6.04 Å². The van der Waals surface area contributed by atoms with E-state index >= 15 is 0 Å². The number of benzene rings is 1. The normalized spacial score (nSPS) is 16.8. The second kappa shape index (κ2) is 11.9. The summed E-state index contributed by atoms with van der Waals surface area (Å²) in [6.45, 7) is 12.2. The molecular weight excluding hydrogens is 322 g/mol. The van der Waals surface area contributed by atoms with Gasteiger partial charge < -0.3 is 15.5 Å². The van der Waals surface area contributed by atoms with E-state index in [2.05, 4.69) is 69.6 Å². The molecule has 0 atom stereocenters. The summed E-state index contributed by atoms with van der Waals surface area (Å²) in [5.74, 6) is 0.950. The third kappa shape index (κ3) is 7.34. The van der Waals surface area contributed by atoms with Gasteiger partial charge in [0.1, 0.15) is 0 Å². The first-order chi connectivity index (χ1) is 12.7. The van der Waals surface area contributed by atoms with Crippen LogP contribution in [-0.2, 0) is 6.54 Å². The van der Waals surface area contributed by atoms with Crippen LogP contribution in [0.4, 0.5) is 0 Å². The van der Waals surface area contributed by atoms with Crippen molar-refractivity contribution in [2.75, 3.05) is 46.3 Å². The van der Waals surface area contributed by atoms with Crippen molar-refractivity contribution in [2.45, 2.75) is 45.7 Å². The van der Waals surface area contributed by atoms with Gasteiger partial charge in [-0.05, 0) is 44.5 Å². The van der Waals surface area contributed by atoms with Gasteiger partial charge in [0.05, 0.1) is 0 Å². The lowest BCUT2D eigenvalue weighted by molar-refractivity contribution is 0.198. The molecule has 1 aliphatic rings. The number of hydrogen-bond donors (Lipinski definition) is 2. The van der Waals surface area contributed by atoms with Crippen LogP contribution < -0.4 is 10.6 Å². The Bertz CT molecular complexity index is 504. The largest absolute Gasteiger partial charge is 0.356 e. The molecule has 0 aliphatic carbocycles. The van der Waals surface area contributed by atoms with Crippen molar-refractivity contribution in [1.29, 1.82) is 0 Å². The third-order valence-electron chi connectivity index (χ3n) is 5.24. The smallest absolute Gasteiger partial charge is 0.191 e. The predicted molar refractivity (Wildman–Crippen MR) is 112 cm³/mol. The molecule has 2 N–H and O–H groups in total. The zero-order valence-corrected chi connectivity index (χ0v) is 16.9. The lowest BCUT2D eigenvalue weighted by Crippen LogP contribution is -2.48. The van der Waals surface area contributed by atoms with Crippen molar-refractivity contribution < 1.29 is 0 Å². The highest BCUT2D eigenvalue weighted by molar-refractivity contribution is 5.79. The van der Waals surface area contributed by atoms with Gasteiger partial charge in [-0.3, -0.25) is 9.89 Å². The monoisotopic (exact) mass is 359 g/mol. The highest BCUT2D eigenvalue weighted by Gasteiger charge is 2.19. The minimum absolute atomic E-state index is 0.524. The topological polar surface area (TPSA) is 42.9 Å². The SMILES string of the molecule is CCN(CC)CCCNC(=NC)NC1CCN(Cc2ccccc2)CC1. The Morgan fingerprint density at radius 3 is 2.46 bits per heavy atom. The summed E-state index contributed by atoms with van der Waals surface area (Å²) < 4.78 is 0. The molecule has 5 heteroatoms. The van der Waals surface area contributed by atoms with Gasteiger partial charge in [-0.2, -0.15) is 0 Å². The van der Waals surface area contributed by atoms with Gasteiger partial charge in [0.25, 0.3) is 0 Å². The van der Waals surface area contributed by atoms with Gasteiger partial charge in [-0.15, -0.1) is 0 Å². The molecule has 2 rings (SSSR count). The lowest BCUT2D eigenvalue weighted by Gasteiger charge is -2.33. The van der Waals surface area contributed by atoms with Gasteiger partial charge in [-0.1, -0.05) is 44.2 Å². The van der Waals surface area contributed by atoms with E-state index in [1.165, 1.54) is 18.4 Å². The Labute approximate surface area is 159 Å². The maximum atomic E-state index is 4.39. The van der Waals surface area contributed by atoms with Crippen LogP contribution in [0.25, 0.3) is 0 Å². The molecule has 1 aromatic rings. The fourth-order valence-corrected chi connectivity index (χ4v) is 3.51. The Morgan fingerprint density at radius 2 is 1.85 bits per heavy atom. The van der Waals surface area contributed by atoms with Crippen LogP contribution in [0.15, 0.2) is 35.3 Å². The fraction of sp³-hybridized carbons (Fsp3) is 0.667. The Morgan fingerprint density at radius 1 is 1.15 bits per heavy atom. The second-order valence-corrected chi connectivity index (χ2v) is 7.06. The molecule has 1 saturated heterocycles. The van der Waals surface area contributed by atoms with Crippen LogP contribution in [0.3, 0.4) is 0 Å². The number of rotatable bonds is 9. The van der Waals surface area contributed by atoms with Crippen LogP contribution in [0.2, 0.25) is 0 Å². The molecule has 26 heavy (non-hydrogen) atoms. The van der Waals surface area contributed by atoms with Crippen LogP contribution in [-0.4, -0.2) is 68.1 Å². The quantitative estimate of drug-likeness (QED) is 0.404. The molecule has 0 unspecified atom stereocenters. The summed E-state index contributed by atoms with van der Waals surface area (Å²) in [4.78, 5) is 9.40. The maximum absolute atomic E-state index is 4.39. The first kappa shape index (κ1) is 20.7. The maximum Gasteiger partial charge on any atom is 0.191 e. The summed E-state index contributed by atoms with van der Waals surface area (Å²) >= 11 is 0. The molecular formula is C21H37N5. The highest BCUT2D eigenvalue weighted by Crippen LogP contribution is 2.13. The number of piperidine rings is 1. The summed E-state index contributed by atoms with van der Waals surface area (Å²) in [5, 5.41) is 7.07. The molecule has 0 radical (unpaired) electrons. The number of hydrogen-bond acceptors (Lipinski definition) is 3. The van der Waals surface area contributed by atoms with Crippen molar-refractivity contribution >= 4 is 5.96 Å². The molecule has 1 aliphatic heterocycles. The Balaban J connectivity index is 1.63. The summed E-state index contributed by atoms with van der Waals surface area (Å²) in [5.41, 5.74) is 1.41. The van der Waals surface area contributed by atoms with Gasteiger partial charge in [0.2, 0.25) is 0 Å².